The number of aromatic amines is 1. The van der Waals surface area contributed by atoms with Crippen molar-refractivity contribution in [2.75, 3.05) is 18.5 Å². The van der Waals surface area contributed by atoms with Gasteiger partial charge in [-0.05, 0) is 36.2 Å². The fourth-order valence-electron chi connectivity index (χ4n) is 2.22. The lowest BCUT2D eigenvalue weighted by Gasteiger charge is -2.15. The van der Waals surface area contributed by atoms with Gasteiger partial charge < -0.3 is 9.88 Å². The van der Waals surface area contributed by atoms with Crippen molar-refractivity contribution in [3.8, 4) is 0 Å². The smallest absolute Gasteiger partial charge is 0.203 e. The highest BCUT2D eigenvalue weighted by atomic mass is 19.1. The second-order valence-corrected chi connectivity index (χ2v) is 4.88. The van der Waals surface area contributed by atoms with E-state index in [1.807, 2.05) is 42.3 Å². The van der Waals surface area contributed by atoms with E-state index in [0.717, 1.165) is 35.5 Å². The molecule has 0 bridgehead atoms. The summed E-state index contributed by atoms with van der Waals surface area (Å²) in [6, 6.07) is 14.7. The zero-order chi connectivity index (χ0) is 13.9. The number of benzene rings is 2. The van der Waals surface area contributed by atoms with E-state index in [4.69, 9.17) is 0 Å². The number of anilines is 1. The Morgan fingerprint density at radius 2 is 2.00 bits per heavy atom. The van der Waals surface area contributed by atoms with Crippen molar-refractivity contribution in [1.82, 2.24) is 9.97 Å². The molecule has 0 fully saturated rings. The fourth-order valence-corrected chi connectivity index (χ4v) is 2.22. The van der Waals surface area contributed by atoms with Crippen LogP contribution in [0.25, 0.3) is 11.0 Å². The van der Waals surface area contributed by atoms with Crippen LogP contribution >= 0.6 is 0 Å². The SMILES string of the molecule is CN(CCc1cccc(F)c1)c1nc2ccccc2[nH]1. The van der Waals surface area contributed by atoms with Crippen LogP contribution in [-0.2, 0) is 6.42 Å². The van der Waals surface area contributed by atoms with Gasteiger partial charge in [0.2, 0.25) is 5.95 Å². The summed E-state index contributed by atoms with van der Waals surface area (Å²) in [5, 5.41) is 0. The molecule has 0 saturated carbocycles. The highest BCUT2D eigenvalue weighted by Crippen LogP contribution is 2.16. The number of aromatic nitrogens is 2. The third-order valence-electron chi connectivity index (χ3n) is 3.36. The number of nitrogens with zero attached hydrogens (tertiary/aromatic N) is 2. The van der Waals surface area contributed by atoms with E-state index in [9.17, 15) is 4.39 Å². The molecular formula is C16H16FN3. The first-order chi connectivity index (χ1) is 9.72. The van der Waals surface area contributed by atoms with Gasteiger partial charge in [0.05, 0.1) is 11.0 Å². The van der Waals surface area contributed by atoms with Gasteiger partial charge in [0.1, 0.15) is 5.82 Å². The Morgan fingerprint density at radius 1 is 1.15 bits per heavy atom. The molecule has 102 valence electrons. The van der Waals surface area contributed by atoms with Gasteiger partial charge in [-0.15, -0.1) is 0 Å². The molecule has 20 heavy (non-hydrogen) atoms. The molecule has 4 heteroatoms. The lowest BCUT2D eigenvalue weighted by Crippen LogP contribution is -2.21. The predicted molar refractivity (Wildman–Crippen MR) is 79.5 cm³/mol. The third kappa shape index (κ3) is 2.64. The van der Waals surface area contributed by atoms with Gasteiger partial charge in [-0.2, -0.15) is 0 Å². The number of nitrogens with one attached hydrogen (secondary N) is 1. The Morgan fingerprint density at radius 3 is 2.80 bits per heavy atom. The average molecular weight is 269 g/mol. The van der Waals surface area contributed by atoms with E-state index in [1.165, 1.54) is 6.07 Å². The second kappa shape index (κ2) is 5.33. The highest BCUT2D eigenvalue weighted by molar-refractivity contribution is 5.77. The molecule has 0 unspecified atom stereocenters. The van der Waals surface area contributed by atoms with E-state index in [-0.39, 0.29) is 5.82 Å². The Kier molecular flexibility index (Phi) is 3.37. The van der Waals surface area contributed by atoms with Gasteiger partial charge in [-0.3, -0.25) is 0 Å². The molecule has 3 nitrogen and oxygen atoms in total. The number of imidazole rings is 1. The molecular weight excluding hydrogens is 253 g/mol. The predicted octanol–water partition coefficient (Wildman–Crippen LogP) is 3.38. The fraction of sp³-hybridized carbons (Fsp3) is 0.188. The van der Waals surface area contributed by atoms with E-state index < -0.39 is 0 Å². The van der Waals surface area contributed by atoms with Gasteiger partial charge in [-0.25, -0.2) is 9.37 Å². The molecule has 3 rings (SSSR count). The van der Waals surface area contributed by atoms with E-state index in [2.05, 4.69) is 9.97 Å². The summed E-state index contributed by atoms with van der Waals surface area (Å²) in [7, 11) is 1.98. The number of para-hydroxylation sites is 2. The first kappa shape index (κ1) is 12.7. The molecule has 0 spiro atoms. The quantitative estimate of drug-likeness (QED) is 0.787. The Hall–Kier alpha value is -2.36. The summed E-state index contributed by atoms with van der Waals surface area (Å²) < 4.78 is 13.1. The van der Waals surface area contributed by atoms with Crippen LogP contribution in [0, 0.1) is 5.82 Å². The number of hydrogen-bond donors (Lipinski definition) is 1. The van der Waals surface area contributed by atoms with Crippen LogP contribution in [0.2, 0.25) is 0 Å². The molecule has 1 heterocycles. The third-order valence-corrected chi connectivity index (χ3v) is 3.36. The minimum Gasteiger partial charge on any atom is -0.345 e. The maximum absolute atomic E-state index is 13.1. The molecule has 0 atom stereocenters. The maximum Gasteiger partial charge on any atom is 0.203 e. The summed E-state index contributed by atoms with van der Waals surface area (Å²) in [5.41, 5.74) is 2.98. The van der Waals surface area contributed by atoms with Crippen LogP contribution in [0.3, 0.4) is 0 Å². The van der Waals surface area contributed by atoms with Crippen LogP contribution in [0.15, 0.2) is 48.5 Å². The summed E-state index contributed by atoms with van der Waals surface area (Å²) in [6.07, 6.45) is 0.783. The summed E-state index contributed by atoms with van der Waals surface area (Å²) in [4.78, 5) is 9.87. The molecule has 1 N–H and O–H groups in total. The standard InChI is InChI=1S/C16H16FN3/c1-20(10-9-12-5-4-6-13(17)11-12)16-18-14-7-2-3-8-15(14)19-16/h2-8,11H,9-10H2,1H3,(H,18,19). The molecule has 2 aromatic carbocycles. The van der Waals surface area contributed by atoms with E-state index in [0.29, 0.717) is 0 Å². The van der Waals surface area contributed by atoms with Crippen molar-refractivity contribution in [1.29, 1.82) is 0 Å². The summed E-state index contributed by atoms with van der Waals surface area (Å²) in [6.45, 7) is 0.781. The Balaban J connectivity index is 1.71. The van der Waals surface area contributed by atoms with Crippen molar-refractivity contribution in [2.45, 2.75) is 6.42 Å². The van der Waals surface area contributed by atoms with Crippen molar-refractivity contribution in [3.05, 3.63) is 59.9 Å². The monoisotopic (exact) mass is 269 g/mol. The Bertz CT molecular complexity index is 687. The van der Waals surface area contributed by atoms with Gasteiger partial charge >= 0.3 is 0 Å². The Labute approximate surface area is 117 Å². The van der Waals surface area contributed by atoms with Gasteiger partial charge in [0, 0.05) is 13.6 Å². The molecule has 0 aliphatic carbocycles. The van der Waals surface area contributed by atoms with Crippen LogP contribution in [0.5, 0.6) is 0 Å². The van der Waals surface area contributed by atoms with E-state index >= 15 is 0 Å². The second-order valence-electron chi connectivity index (χ2n) is 4.88. The topological polar surface area (TPSA) is 31.9 Å². The molecule has 3 aromatic rings. The summed E-state index contributed by atoms with van der Waals surface area (Å²) in [5.74, 6) is 0.650. The van der Waals surface area contributed by atoms with E-state index in [1.54, 1.807) is 12.1 Å². The van der Waals surface area contributed by atoms with Crippen molar-refractivity contribution < 1.29 is 4.39 Å². The van der Waals surface area contributed by atoms with Crippen LogP contribution in [-0.4, -0.2) is 23.6 Å². The number of hydrogen-bond acceptors (Lipinski definition) is 2. The lowest BCUT2D eigenvalue weighted by molar-refractivity contribution is 0.625. The number of H-pyrrole nitrogens is 1. The molecule has 0 aliphatic heterocycles. The minimum absolute atomic E-state index is 0.186. The zero-order valence-corrected chi connectivity index (χ0v) is 11.3. The average Bonchev–Trinajstić information content (AvgIpc) is 2.89. The molecule has 0 radical (unpaired) electrons. The van der Waals surface area contributed by atoms with Gasteiger partial charge in [0.25, 0.3) is 0 Å². The molecule has 0 amide bonds. The maximum atomic E-state index is 13.1. The number of fused-ring (bicyclic) bond motifs is 1. The van der Waals surface area contributed by atoms with Crippen molar-refractivity contribution in [3.63, 3.8) is 0 Å². The number of rotatable bonds is 4. The zero-order valence-electron chi connectivity index (χ0n) is 11.3. The van der Waals surface area contributed by atoms with Gasteiger partial charge in [-0.1, -0.05) is 24.3 Å². The molecule has 0 saturated heterocycles. The molecule has 0 aliphatic rings. The highest BCUT2D eigenvalue weighted by Gasteiger charge is 2.07. The first-order valence-corrected chi connectivity index (χ1v) is 6.63. The molecule has 1 aromatic heterocycles. The van der Waals surface area contributed by atoms with Crippen molar-refractivity contribution in [2.24, 2.45) is 0 Å². The lowest BCUT2D eigenvalue weighted by atomic mass is 10.1. The first-order valence-electron chi connectivity index (χ1n) is 6.63. The van der Waals surface area contributed by atoms with Crippen LogP contribution < -0.4 is 4.90 Å². The largest absolute Gasteiger partial charge is 0.345 e. The van der Waals surface area contributed by atoms with Crippen LogP contribution in [0.1, 0.15) is 5.56 Å². The van der Waals surface area contributed by atoms with Crippen LogP contribution in [0.4, 0.5) is 10.3 Å². The number of halogens is 1. The van der Waals surface area contributed by atoms with Crippen molar-refractivity contribution >= 4 is 17.0 Å². The normalized spacial score (nSPS) is 10.9. The number of likely N-dealkylation sites (N-methyl/N-ethyl adjacent to an activating group) is 1. The minimum atomic E-state index is -0.186. The summed E-state index contributed by atoms with van der Waals surface area (Å²) >= 11 is 0. The van der Waals surface area contributed by atoms with Gasteiger partial charge in [0.15, 0.2) is 0 Å².